The van der Waals surface area contributed by atoms with Gasteiger partial charge in [0.25, 0.3) is 0 Å². The van der Waals surface area contributed by atoms with Gasteiger partial charge in [0.15, 0.2) is 4.77 Å². The van der Waals surface area contributed by atoms with Crippen LogP contribution < -0.4 is 0 Å². The number of thioether (sulfide) groups is 1. The molecule has 2 heterocycles. The maximum Gasteiger partial charge on any atom is 0.177 e. The van der Waals surface area contributed by atoms with Crippen molar-refractivity contribution in [2.75, 3.05) is 5.75 Å². The first-order valence-corrected chi connectivity index (χ1v) is 7.15. The van der Waals surface area contributed by atoms with Gasteiger partial charge in [-0.3, -0.25) is 0 Å². The van der Waals surface area contributed by atoms with Crippen LogP contribution in [0.15, 0.2) is 6.20 Å². The van der Waals surface area contributed by atoms with Crippen molar-refractivity contribution in [3.05, 3.63) is 16.7 Å². The topological polar surface area (TPSA) is 20.7 Å². The van der Waals surface area contributed by atoms with Crippen molar-refractivity contribution >= 4 is 24.0 Å². The van der Waals surface area contributed by atoms with Crippen LogP contribution in [0.3, 0.4) is 0 Å². The highest BCUT2D eigenvalue weighted by Crippen LogP contribution is 2.26. The molecular formula is C11H18N2S2. The molecule has 84 valence electrons. The lowest BCUT2D eigenvalue weighted by atomic mass is 10.2. The van der Waals surface area contributed by atoms with Crippen molar-refractivity contribution in [3.8, 4) is 0 Å². The van der Waals surface area contributed by atoms with Crippen LogP contribution in [0.2, 0.25) is 0 Å². The van der Waals surface area contributed by atoms with Gasteiger partial charge in [-0.2, -0.15) is 11.8 Å². The van der Waals surface area contributed by atoms with Crippen molar-refractivity contribution in [3.63, 3.8) is 0 Å². The van der Waals surface area contributed by atoms with Crippen LogP contribution in [0.1, 0.15) is 31.9 Å². The number of H-pyrrole nitrogens is 1. The quantitative estimate of drug-likeness (QED) is 0.820. The van der Waals surface area contributed by atoms with E-state index in [1.165, 1.54) is 30.7 Å². The van der Waals surface area contributed by atoms with E-state index in [4.69, 9.17) is 12.2 Å². The predicted octanol–water partition coefficient (Wildman–Crippen LogP) is 3.39. The first-order chi connectivity index (χ1) is 7.31. The summed E-state index contributed by atoms with van der Waals surface area (Å²) >= 11 is 7.41. The number of aromatic nitrogens is 2. The van der Waals surface area contributed by atoms with Gasteiger partial charge in [0.2, 0.25) is 0 Å². The summed E-state index contributed by atoms with van der Waals surface area (Å²) in [6.45, 7) is 3.28. The molecule has 0 radical (unpaired) electrons. The molecule has 1 aromatic rings. The second-order valence-electron chi connectivity index (χ2n) is 4.04. The fourth-order valence-corrected chi connectivity index (χ4v) is 3.62. The Morgan fingerprint density at radius 2 is 2.47 bits per heavy atom. The lowest BCUT2D eigenvalue weighted by Gasteiger charge is -2.22. The SMILES string of the molecule is CCc1c[nH]c(=S)n1CC1CCCCS1. The van der Waals surface area contributed by atoms with Gasteiger partial charge < -0.3 is 9.55 Å². The molecule has 15 heavy (non-hydrogen) atoms. The number of imidazole rings is 1. The van der Waals surface area contributed by atoms with Crippen molar-refractivity contribution in [2.45, 2.75) is 44.4 Å². The molecule has 1 aliphatic heterocycles. The maximum absolute atomic E-state index is 5.31. The third-order valence-electron chi connectivity index (χ3n) is 2.98. The summed E-state index contributed by atoms with van der Waals surface area (Å²) < 4.78 is 3.16. The minimum Gasteiger partial charge on any atom is -0.337 e. The second-order valence-corrected chi connectivity index (χ2v) is 5.83. The maximum atomic E-state index is 5.31. The van der Waals surface area contributed by atoms with E-state index in [0.717, 1.165) is 23.0 Å². The largest absolute Gasteiger partial charge is 0.337 e. The van der Waals surface area contributed by atoms with Gasteiger partial charge in [0.05, 0.1) is 0 Å². The van der Waals surface area contributed by atoms with Gasteiger partial charge in [-0.05, 0) is 37.2 Å². The Balaban J connectivity index is 2.08. The number of hydrogen-bond acceptors (Lipinski definition) is 2. The number of aromatic amines is 1. The summed E-state index contributed by atoms with van der Waals surface area (Å²) in [4.78, 5) is 3.15. The monoisotopic (exact) mass is 242 g/mol. The van der Waals surface area contributed by atoms with Crippen LogP contribution in [-0.4, -0.2) is 20.6 Å². The van der Waals surface area contributed by atoms with Crippen LogP contribution in [-0.2, 0) is 13.0 Å². The lowest BCUT2D eigenvalue weighted by molar-refractivity contribution is 0.567. The molecule has 1 saturated heterocycles. The van der Waals surface area contributed by atoms with Gasteiger partial charge in [-0.1, -0.05) is 13.3 Å². The van der Waals surface area contributed by atoms with Gasteiger partial charge in [0.1, 0.15) is 0 Å². The summed E-state index contributed by atoms with van der Waals surface area (Å²) in [5.41, 5.74) is 1.34. The van der Waals surface area contributed by atoms with Crippen LogP contribution >= 0.6 is 24.0 Å². The van der Waals surface area contributed by atoms with Crippen molar-refractivity contribution in [1.82, 2.24) is 9.55 Å². The second kappa shape index (κ2) is 5.21. The molecule has 0 aromatic carbocycles. The third kappa shape index (κ3) is 2.67. The average Bonchev–Trinajstić information content (AvgIpc) is 2.62. The number of aryl methyl sites for hydroxylation is 1. The number of hydrogen-bond donors (Lipinski definition) is 1. The van der Waals surface area contributed by atoms with Gasteiger partial charge in [-0.25, -0.2) is 0 Å². The standard InChI is InChI=1S/C11H18N2S2/c1-2-9-7-12-11(14)13(9)8-10-5-3-4-6-15-10/h7,10H,2-6,8H2,1H3,(H,12,14). The summed E-state index contributed by atoms with van der Waals surface area (Å²) in [7, 11) is 0. The smallest absolute Gasteiger partial charge is 0.177 e. The van der Waals surface area contributed by atoms with E-state index >= 15 is 0 Å². The van der Waals surface area contributed by atoms with E-state index in [2.05, 4.69) is 34.4 Å². The van der Waals surface area contributed by atoms with E-state index in [0.29, 0.717) is 0 Å². The van der Waals surface area contributed by atoms with E-state index < -0.39 is 0 Å². The Morgan fingerprint density at radius 3 is 3.13 bits per heavy atom. The van der Waals surface area contributed by atoms with Gasteiger partial charge >= 0.3 is 0 Å². The van der Waals surface area contributed by atoms with E-state index in [1.807, 2.05) is 0 Å². The third-order valence-corrected chi connectivity index (χ3v) is 4.70. The Morgan fingerprint density at radius 1 is 1.60 bits per heavy atom. The fourth-order valence-electron chi connectivity index (χ4n) is 2.08. The fraction of sp³-hybridized carbons (Fsp3) is 0.727. The molecule has 1 fully saturated rings. The highest BCUT2D eigenvalue weighted by molar-refractivity contribution is 7.99. The Bertz CT molecular complexity index is 361. The predicted molar refractivity (Wildman–Crippen MR) is 69.1 cm³/mol. The molecule has 1 aliphatic rings. The summed E-state index contributed by atoms with van der Waals surface area (Å²) in [6.07, 6.45) is 7.23. The molecule has 0 amide bonds. The zero-order valence-electron chi connectivity index (χ0n) is 9.16. The van der Waals surface area contributed by atoms with Crippen LogP contribution in [0, 0.1) is 4.77 Å². The molecule has 0 bridgehead atoms. The molecule has 2 rings (SSSR count). The molecule has 1 unspecified atom stereocenters. The Hall–Kier alpha value is -0.220. The molecule has 1 atom stereocenters. The first-order valence-electron chi connectivity index (χ1n) is 5.70. The van der Waals surface area contributed by atoms with Gasteiger partial charge in [0, 0.05) is 23.7 Å². The minimum absolute atomic E-state index is 0.770. The normalized spacial score (nSPS) is 21.8. The minimum atomic E-state index is 0.770. The first kappa shape index (κ1) is 11.3. The van der Waals surface area contributed by atoms with E-state index in [1.54, 1.807) is 0 Å². The van der Waals surface area contributed by atoms with E-state index in [9.17, 15) is 0 Å². The Kier molecular flexibility index (Phi) is 3.92. The summed E-state index contributed by atoms with van der Waals surface area (Å²) in [6, 6.07) is 0. The molecule has 0 saturated carbocycles. The lowest BCUT2D eigenvalue weighted by Crippen LogP contribution is -2.18. The molecular weight excluding hydrogens is 224 g/mol. The Labute approximate surface area is 100 Å². The number of rotatable bonds is 3. The highest BCUT2D eigenvalue weighted by atomic mass is 32.2. The van der Waals surface area contributed by atoms with E-state index in [-0.39, 0.29) is 0 Å². The van der Waals surface area contributed by atoms with Crippen LogP contribution in [0.4, 0.5) is 0 Å². The van der Waals surface area contributed by atoms with Crippen LogP contribution in [0.25, 0.3) is 0 Å². The van der Waals surface area contributed by atoms with Crippen LogP contribution in [0.5, 0.6) is 0 Å². The van der Waals surface area contributed by atoms with Crippen molar-refractivity contribution in [1.29, 1.82) is 0 Å². The summed E-state index contributed by atoms with van der Waals surface area (Å²) in [5, 5.41) is 0.770. The number of nitrogens with one attached hydrogen (secondary N) is 1. The number of nitrogens with zero attached hydrogens (tertiary/aromatic N) is 1. The highest BCUT2D eigenvalue weighted by Gasteiger charge is 2.15. The van der Waals surface area contributed by atoms with Crippen molar-refractivity contribution in [2.24, 2.45) is 0 Å². The molecule has 0 aliphatic carbocycles. The summed E-state index contributed by atoms with van der Waals surface area (Å²) in [5.74, 6) is 1.32. The molecule has 0 spiro atoms. The molecule has 1 N–H and O–H groups in total. The van der Waals surface area contributed by atoms with Crippen molar-refractivity contribution < 1.29 is 0 Å². The average molecular weight is 242 g/mol. The zero-order chi connectivity index (χ0) is 10.7. The molecule has 1 aromatic heterocycles. The molecule has 2 nitrogen and oxygen atoms in total. The zero-order valence-corrected chi connectivity index (χ0v) is 10.8. The van der Waals surface area contributed by atoms with Gasteiger partial charge in [-0.15, -0.1) is 0 Å². The molecule has 4 heteroatoms.